The number of rotatable bonds is 40. The van der Waals surface area contributed by atoms with Gasteiger partial charge in [0.2, 0.25) is 0 Å². The zero-order chi connectivity index (χ0) is 39.1. The van der Waals surface area contributed by atoms with Crippen molar-refractivity contribution in [3.63, 3.8) is 0 Å². The van der Waals surface area contributed by atoms with Crippen LogP contribution in [0, 0.1) is 0 Å². The number of hydrogen-bond acceptors (Lipinski definition) is 8. The van der Waals surface area contributed by atoms with Crippen LogP contribution in [0.2, 0.25) is 0 Å². The molecule has 1 N–H and O–H groups in total. The topological polar surface area (TPSA) is 112 Å². The molecule has 0 aromatic heterocycles. The minimum absolute atomic E-state index is 0.00561. The summed E-state index contributed by atoms with van der Waals surface area (Å²) in [6.07, 6.45) is 39.3. The molecule has 0 heterocycles. The summed E-state index contributed by atoms with van der Waals surface area (Å²) in [5, 5.41) is 0. The molecular weight excluding hydrogens is 689 g/mol. The van der Waals surface area contributed by atoms with E-state index >= 15 is 0 Å². The molecular formula is C43H82NO8P. The van der Waals surface area contributed by atoms with Gasteiger partial charge >= 0.3 is 19.8 Å². The van der Waals surface area contributed by atoms with Gasteiger partial charge in [0.25, 0.3) is 0 Å². The highest BCUT2D eigenvalue weighted by atomic mass is 31.2. The first kappa shape index (κ1) is 51.5. The van der Waals surface area contributed by atoms with Gasteiger partial charge in [0, 0.05) is 19.4 Å². The van der Waals surface area contributed by atoms with Gasteiger partial charge in [-0.1, -0.05) is 141 Å². The molecule has 0 amide bonds. The first-order valence-corrected chi connectivity index (χ1v) is 23.1. The lowest BCUT2D eigenvalue weighted by atomic mass is 10.1. The van der Waals surface area contributed by atoms with Crippen LogP contribution in [0.5, 0.6) is 0 Å². The lowest BCUT2D eigenvalue weighted by Crippen LogP contribution is -2.29. The summed E-state index contributed by atoms with van der Waals surface area (Å²) in [5.74, 6) is -0.818. The normalized spacial score (nSPS) is 13.6. The lowest BCUT2D eigenvalue weighted by Gasteiger charge is -2.20. The highest BCUT2D eigenvalue weighted by Crippen LogP contribution is 2.43. The Labute approximate surface area is 326 Å². The molecule has 53 heavy (non-hydrogen) atoms. The minimum Gasteiger partial charge on any atom is -0.462 e. The molecule has 0 radical (unpaired) electrons. The molecule has 9 nitrogen and oxygen atoms in total. The molecule has 312 valence electrons. The minimum atomic E-state index is -4.36. The van der Waals surface area contributed by atoms with E-state index in [4.69, 9.17) is 18.5 Å². The second-order valence-electron chi connectivity index (χ2n) is 14.9. The molecule has 0 aliphatic rings. The lowest BCUT2D eigenvalue weighted by molar-refractivity contribution is -0.161. The Morgan fingerprint density at radius 1 is 0.566 bits per heavy atom. The van der Waals surface area contributed by atoms with Crippen molar-refractivity contribution in [3.05, 3.63) is 24.3 Å². The van der Waals surface area contributed by atoms with Gasteiger partial charge in [-0.2, -0.15) is 0 Å². The van der Waals surface area contributed by atoms with Gasteiger partial charge < -0.3 is 19.3 Å². The molecule has 0 aromatic rings. The fourth-order valence-corrected chi connectivity index (χ4v) is 6.59. The number of phosphoric ester groups is 1. The average molecular weight is 772 g/mol. The van der Waals surface area contributed by atoms with Crippen molar-refractivity contribution < 1.29 is 37.6 Å². The third-order valence-corrected chi connectivity index (χ3v) is 10.2. The molecule has 0 spiro atoms. The standard InChI is InChI=1S/C43H82NO8P/c1-5-7-9-11-13-15-17-19-21-23-25-27-29-31-33-35-42(45)49-39-41(40-51-53(47,48)50-38-37-44(3)4)52-43(46)36-34-32-30-28-26-24-22-20-18-16-14-12-10-8-6-2/h19-22,41H,5-18,23-40H2,1-4H3,(H,47,48)/b21-19-,22-20-. The third kappa shape index (κ3) is 40.0. The summed E-state index contributed by atoms with van der Waals surface area (Å²) >= 11 is 0. The average Bonchev–Trinajstić information content (AvgIpc) is 3.12. The summed E-state index contributed by atoms with van der Waals surface area (Å²) in [7, 11) is -0.715. The highest BCUT2D eigenvalue weighted by Gasteiger charge is 2.26. The second kappa shape index (κ2) is 38.8. The van der Waals surface area contributed by atoms with Crippen molar-refractivity contribution >= 4 is 19.8 Å². The van der Waals surface area contributed by atoms with Crippen molar-refractivity contribution in [2.45, 2.75) is 200 Å². The summed E-state index contributed by atoms with van der Waals surface area (Å²) in [6, 6.07) is 0. The number of nitrogens with zero attached hydrogens (tertiary/aromatic N) is 1. The highest BCUT2D eigenvalue weighted by molar-refractivity contribution is 7.47. The molecule has 0 bridgehead atoms. The maximum absolute atomic E-state index is 12.6. The van der Waals surface area contributed by atoms with Crippen molar-refractivity contribution in [1.82, 2.24) is 4.90 Å². The number of unbranched alkanes of at least 4 members (excludes halogenated alkanes) is 22. The van der Waals surface area contributed by atoms with Crippen LogP contribution < -0.4 is 0 Å². The number of ether oxygens (including phenoxy) is 2. The predicted molar refractivity (Wildman–Crippen MR) is 220 cm³/mol. The van der Waals surface area contributed by atoms with E-state index in [-0.39, 0.29) is 32.0 Å². The van der Waals surface area contributed by atoms with Crippen LogP contribution in [-0.4, -0.2) is 68.3 Å². The molecule has 0 aliphatic carbocycles. The van der Waals surface area contributed by atoms with Crippen LogP contribution in [-0.2, 0) is 32.7 Å². The van der Waals surface area contributed by atoms with Gasteiger partial charge in [-0.15, -0.1) is 0 Å². The van der Waals surface area contributed by atoms with Crippen LogP contribution in [0.15, 0.2) is 24.3 Å². The van der Waals surface area contributed by atoms with E-state index in [1.807, 2.05) is 19.0 Å². The summed E-state index contributed by atoms with van der Waals surface area (Å²) < 4.78 is 33.4. The van der Waals surface area contributed by atoms with Crippen molar-refractivity contribution in [2.75, 3.05) is 40.5 Å². The summed E-state index contributed by atoms with van der Waals surface area (Å²) in [5.41, 5.74) is 0. The van der Waals surface area contributed by atoms with E-state index < -0.39 is 26.5 Å². The van der Waals surface area contributed by atoms with Crippen molar-refractivity contribution in [2.24, 2.45) is 0 Å². The number of carbonyl (C=O) groups excluding carboxylic acids is 2. The smallest absolute Gasteiger partial charge is 0.462 e. The van der Waals surface area contributed by atoms with Gasteiger partial charge in [-0.25, -0.2) is 4.57 Å². The van der Waals surface area contributed by atoms with Crippen molar-refractivity contribution in [3.8, 4) is 0 Å². The Kier molecular flexibility index (Phi) is 37.6. The zero-order valence-electron chi connectivity index (χ0n) is 34.7. The Morgan fingerprint density at radius 2 is 0.962 bits per heavy atom. The first-order valence-electron chi connectivity index (χ1n) is 21.6. The number of carbonyl (C=O) groups is 2. The van der Waals surface area contributed by atoms with E-state index in [1.165, 1.54) is 89.9 Å². The van der Waals surface area contributed by atoms with E-state index in [0.29, 0.717) is 13.0 Å². The number of likely N-dealkylation sites (N-methyl/N-ethyl adjacent to an activating group) is 1. The summed E-state index contributed by atoms with van der Waals surface area (Å²) in [6.45, 7) is 4.30. The quantitative estimate of drug-likeness (QED) is 0.0281. The van der Waals surface area contributed by atoms with Gasteiger partial charge in [0.05, 0.1) is 13.2 Å². The van der Waals surface area contributed by atoms with E-state index in [9.17, 15) is 19.0 Å². The van der Waals surface area contributed by atoms with Crippen LogP contribution in [0.25, 0.3) is 0 Å². The first-order chi connectivity index (χ1) is 25.7. The molecule has 2 unspecified atom stereocenters. The Balaban J connectivity index is 4.32. The van der Waals surface area contributed by atoms with Crippen molar-refractivity contribution in [1.29, 1.82) is 0 Å². The Morgan fingerprint density at radius 3 is 1.40 bits per heavy atom. The molecule has 0 saturated heterocycles. The van der Waals surface area contributed by atoms with Crippen LogP contribution in [0.4, 0.5) is 0 Å². The maximum atomic E-state index is 12.6. The zero-order valence-corrected chi connectivity index (χ0v) is 35.6. The molecule has 10 heteroatoms. The molecule has 0 fully saturated rings. The Hall–Kier alpha value is -1.51. The van der Waals surface area contributed by atoms with Crippen LogP contribution in [0.1, 0.15) is 194 Å². The number of allylic oxidation sites excluding steroid dienone is 4. The number of esters is 2. The van der Waals surface area contributed by atoms with E-state index in [2.05, 4.69) is 38.2 Å². The largest absolute Gasteiger partial charge is 0.472 e. The predicted octanol–water partition coefficient (Wildman–Crippen LogP) is 12.2. The van der Waals surface area contributed by atoms with E-state index in [1.54, 1.807) is 0 Å². The molecule has 0 aromatic carbocycles. The third-order valence-electron chi connectivity index (χ3n) is 9.23. The van der Waals surface area contributed by atoms with Gasteiger partial charge in [-0.3, -0.25) is 18.6 Å². The fourth-order valence-electron chi connectivity index (χ4n) is 5.85. The van der Waals surface area contributed by atoms with Gasteiger partial charge in [0.1, 0.15) is 6.61 Å². The molecule has 0 aliphatic heterocycles. The Bertz CT molecular complexity index is 941. The fraction of sp³-hybridized carbons (Fsp3) is 0.860. The monoisotopic (exact) mass is 772 g/mol. The molecule has 2 atom stereocenters. The summed E-state index contributed by atoms with van der Waals surface area (Å²) in [4.78, 5) is 37.0. The molecule has 0 saturated carbocycles. The second-order valence-corrected chi connectivity index (χ2v) is 16.3. The SMILES string of the molecule is CCCCCCCC/C=C\CCCCCCCC(=O)OCC(COP(=O)(O)OCCN(C)C)OC(=O)CCCCCCC/C=C\CCCCCCCC. The van der Waals surface area contributed by atoms with E-state index in [0.717, 1.165) is 70.6 Å². The number of phosphoric acid groups is 1. The number of hydrogen-bond donors (Lipinski definition) is 1. The maximum Gasteiger partial charge on any atom is 0.472 e. The van der Waals surface area contributed by atoms with Crippen LogP contribution >= 0.6 is 7.82 Å². The van der Waals surface area contributed by atoms with Gasteiger partial charge in [0.15, 0.2) is 6.10 Å². The molecule has 0 rings (SSSR count). The van der Waals surface area contributed by atoms with Gasteiger partial charge in [-0.05, 0) is 78.3 Å². The van der Waals surface area contributed by atoms with Crippen LogP contribution in [0.3, 0.4) is 0 Å².